The third-order valence-corrected chi connectivity index (χ3v) is 4.55. The Bertz CT molecular complexity index is 719. The van der Waals surface area contributed by atoms with E-state index in [-0.39, 0.29) is 11.8 Å². The minimum absolute atomic E-state index is 0.0994. The molecule has 2 aromatic rings. The number of carbonyl (C=O) groups is 2. The van der Waals surface area contributed by atoms with Crippen LogP contribution in [0, 0.1) is 5.41 Å². The van der Waals surface area contributed by atoms with Gasteiger partial charge in [0.25, 0.3) is 5.91 Å². The van der Waals surface area contributed by atoms with Gasteiger partial charge in [-0.1, -0.05) is 19.9 Å². The van der Waals surface area contributed by atoms with Gasteiger partial charge < -0.3 is 16.4 Å². The van der Waals surface area contributed by atoms with Gasteiger partial charge in [0, 0.05) is 35.9 Å². The van der Waals surface area contributed by atoms with Crippen LogP contribution in [-0.2, 0) is 4.79 Å². The van der Waals surface area contributed by atoms with E-state index in [1.54, 1.807) is 48.8 Å². The summed E-state index contributed by atoms with van der Waals surface area (Å²) in [7, 11) is 0. The molecule has 0 fully saturated rings. The van der Waals surface area contributed by atoms with Crippen LogP contribution in [0.2, 0.25) is 0 Å². The first-order valence-corrected chi connectivity index (χ1v) is 8.37. The number of nitrogens with zero attached hydrogens (tertiary/aromatic N) is 1. The highest BCUT2D eigenvalue weighted by atomic mass is 16.2. The van der Waals surface area contributed by atoms with E-state index in [4.69, 9.17) is 5.73 Å². The van der Waals surface area contributed by atoms with Crippen molar-refractivity contribution in [2.45, 2.75) is 26.7 Å². The summed E-state index contributed by atoms with van der Waals surface area (Å²) in [6, 6.07) is 10.3. The minimum atomic E-state index is -0.573. The quantitative estimate of drug-likeness (QED) is 0.721. The van der Waals surface area contributed by atoms with Crippen LogP contribution in [0.15, 0.2) is 48.8 Å². The van der Waals surface area contributed by atoms with E-state index in [1.807, 2.05) is 13.8 Å². The number of carbonyl (C=O) groups excluding carboxylic acids is 2. The van der Waals surface area contributed by atoms with Gasteiger partial charge in [-0.2, -0.15) is 0 Å². The lowest BCUT2D eigenvalue weighted by Crippen LogP contribution is -2.41. The summed E-state index contributed by atoms with van der Waals surface area (Å²) in [6.45, 7) is 4.22. The van der Waals surface area contributed by atoms with E-state index in [1.165, 1.54) is 0 Å². The smallest absolute Gasteiger partial charge is 0.255 e. The van der Waals surface area contributed by atoms with E-state index in [0.717, 1.165) is 0 Å². The number of aromatic nitrogens is 1. The van der Waals surface area contributed by atoms with Crippen molar-refractivity contribution in [1.82, 2.24) is 4.98 Å². The molecule has 0 aliphatic heterocycles. The normalized spacial score (nSPS) is 11.0. The Labute approximate surface area is 147 Å². The molecule has 6 nitrogen and oxygen atoms in total. The van der Waals surface area contributed by atoms with Crippen molar-refractivity contribution in [3.63, 3.8) is 0 Å². The maximum absolute atomic E-state index is 12.6. The zero-order valence-electron chi connectivity index (χ0n) is 14.6. The van der Waals surface area contributed by atoms with Gasteiger partial charge in [0.1, 0.15) is 0 Å². The Morgan fingerprint density at radius 3 is 2.20 bits per heavy atom. The van der Waals surface area contributed by atoms with E-state index in [2.05, 4.69) is 15.6 Å². The molecule has 132 valence electrons. The van der Waals surface area contributed by atoms with Crippen LogP contribution in [0.5, 0.6) is 0 Å². The summed E-state index contributed by atoms with van der Waals surface area (Å²) in [4.78, 5) is 28.7. The van der Waals surface area contributed by atoms with Crippen LogP contribution in [0.1, 0.15) is 37.0 Å². The molecule has 0 bridgehead atoms. The van der Waals surface area contributed by atoms with Crippen molar-refractivity contribution in [2.75, 3.05) is 17.2 Å². The van der Waals surface area contributed by atoms with Gasteiger partial charge >= 0.3 is 0 Å². The molecule has 0 saturated carbocycles. The largest absolute Gasteiger partial charge is 0.329 e. The first-order chi connectivity index (χ1) is 12.0. The molecule has 1 heterocycles. The Hall–Kier alpha value is -2.73. The third-order valence-electron chi connectivity index (χ3n) is 4.55. The van der Waals surface area contributed by atoms with Gasteiger partial charge in [0.2, 0.25) is 5.91 Å². The molecule has 2 rings (SSSR count). The number of nitrogens with two attached hydrogens (primary N) is 1. The number of nitrogens with one attached hydrogen (secondary N) is 2. The Kier molecular flexibility index (Phi) is 6.25. The number of amides is 2. The first kappa shape index (κ1) is 18.6. The molecule has 1 aromatic carbocycles. The highest BCUT2D eigenvalue weighted by Gasteiger charge is 2.33. The summed E-state index contributed by atoms with van der Waals surface area (Å²) < 4.78 is 0. The summed E-state index contributed by atoms with van der Waals surface area (Å²) in [5, 5.41) is 5.72. The Morgan fingerprint density at radius 1 is 1.04 bits per heavy atom. The first-order valence-electron chi connectivity index (χ1n) is 8.37. The number of anilines is 2. The molecule has 1 aromatic heterocycles. The molecule has 0 saturated heterocycles. The number of hydrogen-bond donors (Lipinski definition) is 3. The van der Waals surface area contributed by atoms with Crippen molar-refractivity contribution < 1.29 is 9.59 Å². The minimum Gasteiger partial charge on any atom is -0.329 e. The van der Waals surface area contributed by atoms with E-state index < -0.39 is 5.41 Å². The molecule has 0 radical (unpaired) electrons. The molecule has 0 spiro atoms. The zero-order chi connectivity index (χ0) is 18.3. The summed E-state index contributed by atoms with van der Waals surface area (Å²) in [5.41, 5.74) is 6.99. The zero-order valence-corrected chi connectivity index (χ0v) is 14.6. The second-order valence-electron chi connectivity index (χ2n) is 5.92. The van der Waals surface area contributed by atoms with Crippen molar-refractivity contribution in [2.24, 2.45) is 11.1 Å². The van der Waals surface area contributed by atoms with Crippen LogP contribution in [0.3, 0.4) is 0 Å². The average molecular weight is 340 g/mol. The SMILES string of the molecule is CCC(CC)(CN)C(=O)Nc1cccc(NC(=O)c2ccncc2)c1. The van der Waals surface area contributed by atoms with E-state index in [0.29, 0.717) is 36.3 Å². The molecule has 2 amide bonds. The Morgan fingerprint density at radius 2 is 1.64 bits per heavy atom. The van der Waals surface area contributed by atoms with Crippen molar-refractivity contribution in [3.05, 3.63) is 54.4 Å². The van der Waals surface area contributed by atoms with Crippen molar-refractivity contribution >= 4 is 23.2 Å². The highest BCUT2D eigenvalue weighted by molar-refractivity contribution is 6.04. The Balaban J connectivity index is 2.11. The van der Waals surface area contributed by atoms with E-state index >= 15 is 0 Å². The van der Waals surface area contributed by atoms with Gasteiger partial charge in [-0.05, 0) is 43.2 Å². The van der Waals surface area contributed by atoms with Gasteiger partial charge in [0.05, 0.1) is 5.41 Å². The van der Waals surface area contributed by atoms with Crippen molar-refractivity contribution in [3.8, 4) is 0 Å². The summed E-state index contributed by atoms with van der Waals surface area (Å²) in [6.07, 6.45) is 4.47. The molecule has 6 heteroatoms. The number of benzene rings is 1. The standard InChI is InChI=1S/C19H24N4O2/c1-3-19(4-2,13-20)18(25)23-16-7-5-6-15(12-16)22-17(24)14-8-10-21-11-9-14/h5-12H,3-4,13,20H2,1-2H3,(H,22,24)(H,23,25). The molecule has 0 unspecified atom stereocenters. The monoisotopic (exact) mass is 340 g/mol. The molecule has 0 aliphatic carbocycles. The van der Waals surface area contributed by atoms with Gasteiger partial charge in [-0.3, -0.25) is 14.6 Å². The lowest BCUT2D eigenvalue weighted by Gasteiger charge is -2.28. The van der Waals surface area contributed by atoms with Crippen LogP contribution in [0.4, 0.5) is 11.4 Å². The number of rotatable bonds is 7. The number of pyridine rings is 1. The highest BCUT2D eigenvalue weighted by Crippen LogP contribution is 2.27. The molecular formula is C19H24N4O2. The maximum atomic E-state index is 12.6. The fourth-order valence-corrected chi connectivity index (χ4v) is 2.60. The number of hydrogen-bond acceptors (Lipinski definition) is 4. The fourth-order valence-electron chi connectivity index (χ4n) is 2.60. The molecular weight excluding hydrogens is 316 g/mol. The predicted molar refractivity (Wildman–Crippen MR) is 99.3 cm³/mol. The average Bonchev–Trinajstić information content (AvgIpc) is 2.64. The topological polar surface area (TPSA) is 97.1 Å². The van der Waals surface area contributed by atoms with Crippen molar-refractivity contribution in [1.29, 1.82) is 0 Å². The van der Waals surface area contributed by atoms with Crippen LogP contribution >= 0.6 is 0 Å². The van der Waals surface area contributed by atoms with Crippen LogP contribution in [0.25, 0.3) is 0 Å². The second-order valence-corrected chi connectivity index (χ2v) is 5.92. The maximum Gasteiger partial charge on any atom is 0.255 e. The van der Waals surface area contributed by atoms with Gasteiger partial charge in [-0.25, -0.2) is 0 Å². The lowest BCUT2D eigenvalue weighted by molar-refractivity contribution is -0.125. The van der Waals surface area contributed by atoms with Crippen LogP contribution in [-0.4, -0.2) is 23.3 Å². The van der Waals surface area contributed by atoms with Crippen LogP contribution < -0.4 is 16.4 Å². The van der Waals surface area contributed by atoms with Gasteiger partial charge in [0.15, 0.2) is 0 Å². The lowest BCUT2D eigenvalue weighted by atomic mass is 9.81. The molecule has 0 aliphatic rings. The molecule has 25 heavy (non-hydrogen) atoms. The molecule has 0 atom stereocenters. The van der Waals surface area contributed by atoms with E-state index in [9.17, 15) is 9.59 Å². The predicted octanol–water partition coefficient (Wildman–Crippen LogP) is 3.04. The second kappa shape index (κ2) is 8.39. The van der Waals surface area contributed by atoms with Gasteiger partial charge in [-0.15, -0.1) is 0 Å². The fraction of sp³-hybridized carbons (Fsp3) is 0.316. The third kappa shape index (κ3) is 4.42. The summed E-state index contributed by atoms with van der Waals surface area (Å²) in [5.74, 6) is -0.332. The molecule has 4 N–H and O–H groups in total. The summed E-state index contributed by atoms with van der Waals surface area (Å²) >= 11 is 0.